The molecule has 1 N–H and O–H groups in total. The number of non-ortho nitro benzene ring substituents is 1. The molecule has 0 aromatic heterocycles. The number of rotatable bonds is 3. The van der Waals surface area contributed by atoms with E-state index in [1.54, 1.807) is 0 Å². The van der Waals surface area contributed by atoms with Crippen molar-refractivity contribution in [1.29, 1.82) is 0 Å². The first-order valence-corrected chi connectivity index (χ1v) is 8.89. The Morgan fingerprint density at radius 2 is 2.14 bits per heavy atom. The maximum Gasteiger partial charge on any atom is 0.271 e. The van der Waals surface area contributed by atoms with Crippen LogP contribution in [0.4, 0.5) is 5.69 Å². The highest BCUT2D eigenvalue weighted by Gasteiger charge is 2.38. The Balaban J connectivity index is 1.88. The van der Waals surface area contributed by atoms with E-state index in [2.05, 4.69) is 5.32 Å². The van der Waals surface area contributed by atoms with Crippen LogP contribution in [0.1, 0.15) is 12.8 Å². The number of piperidine rings is 1. The second-order valence-corrected chi connectivity index (χ2v) is 7.95. The summed E-state index contributed by atoms with van der Waals surface area (Å²) < 4.78 is 26.9. The molecule has 2 heterocycles. The normalized spacial score (nSPS) is 25.9. The minimum absolute atomic E-state index is 0.0656. The summed E-state index contributed by atoms with van der Waals surface area (Å²) in [6.45, 7) is 1.82. The van der Waals surface area contributed by atoms with Crippen molar-refractivity contribution in [1.82, 2.24) is 9.62 Å². The molecule has 0 aliphatic carbocycles. The Hall–Kier alpha value is -1.22. The molecule has 0 radical (unpaired) electrons. The van der Waals surface area contributed by atoms with E-state index in [0.29, 0.717) is 25.0 Å². The summed E-state index contributed by atoms with van der Waals surface area (Å²) >= 11 is 5.97. The molecule has 0 saturated carbocycles. The molecule has 7 nitrogen and oxygen atoms in total. The molecular weight excluding hydrogens is 330 g/mol. The van der Waals surface area contributed by atoms with Crippen LogP contribution in [0.3, 0.4) is 0 Å². The molecule has 120 valence electrons. The van der Waals surface area contributed by atoms with Crippen LogP contribution in [-0.2, 0) is 10.0 Å². The van der Waals surface area contributed by atoms with E-state index in [1.807, 2.05) is 0 Å². The van der Waals surface area contributed by atoms with E-state index in [9.17, 15) is 18.5 Å². The molecule has 2 aliphatic rings. The van der Waals surface area contributed by atoms with Gasteiger partial charge in [-0.2, -0.15) is 4.31 Å². The molecule has 2 fully saturated rings. The molecule has 2 saturated heterocycles. The van der Waals surface area contributed by atoms with Gasteiger partial charge in [-0.15, -0.1) is 0 Å². The second kappa shape index (κ2) is 5.77. The number of sulfonamides is 1. The lowest BCUT2D eigenvalue weighted by Crippen LogP contribution is -2.46. The SMILES string of the molecule is O=[N+]([O-])c1ccc(S(=O)(=O)N2CCC3NCCC3C2)c(Cl)c1. The molecular formula is C13H16ClN3O4S. The van der Waals surface area contributed by atoms with E-state index in [4.69, 9.17) is 11.6 Å². The topological polar surface area (TPSA) is 92.5 Å². The fourth-order valence-corrected chi connectivity index (χ4v) is 5.21. The Labute approximate surface area is 133 Å². The fraction of sp³-hybridized carbons (Fsp3) is 0.538. The number of nitro groups is 1. The van der Waals surface area contributed by atoms with E-state index in [1.165, 1.54) is 16.4 Å². The number of fused-ring (bicyclic) bond motifs is 1. The van der Waals surface area contributed by atoms with Gasteiger partial charge in [0.2, 0.25) is 10.0 Å². The number of nitrogens with zero attached hydrogens (tertiary/aromatic N) is 2. The van der Waals surface area contributed by atoms with Crippen LogP contribution in [-0.4, -0.2) is 43.3 Å². The first kappa shape index (κ1) is 15.7. The van der Waals surface area contributed by atoms with Crippen LogP contribution in [0.25, 0.3) is 0 Å². The maximum absolute atomic E-state index is 12.7. The summed E-state index contributed by atoms with van der Waals surface area (Å²) in [6, 6.07) is 3.86. The summed E-state index contributed by atoms with van der Waals surface area (Å²) in [4.78, 5) is 10.1. The first-order chi connectivity index (χ1) is 10.4. The molecule has 1 aromatic carbocycles. The van der Waals surface area contributed by atoms with Gasteiger partial charge in [-0.25, -0.2) is 8.42 Å². The molecule has 1 aromatic rings. The van der Waals surface area contributed by atoms with Crippen LogP contribution < -0.4 is 5.32 Å². The van der Waals surface area contributed by atoms with E-state index >= 15 is 0 Å². The Kier molecular flexibility index (Phi) is 4.11. The standard InChI is InChI=1S/C13H16ClN3O4S/c14-11-7-10(17(18)19)1-2-13(11)22(20,21)16-6-4-12-9(8-16)3-5-15-12/h1-2,7,9,12,15H,3-6,8H2. The number of halogens is 1. The first-order valence-electron chi connectivity index (χ1n) is 7.07. The highest BCUT2D eigenvalue weighted by Crippen LogP contribution is 2.32. The summed E-state index contributed by atoms with van der Waals surface area (Å²) in [5, 5.41) is 14.0. The van der Waals surface area contributed by atoms with Crippen molar-refractivity contribution >= 4 is 27.3 Å². The third kappa shape index (κ3) is 2.71. The van der Waals surface area contributed by atoms with Crippen molar-refractivity contribution in [3.8, 4) is 0 Å². The van der Waals surface area contributed by atoms with E-state index in [-0.39, 0.29) is 15.6 Å². The zero-order chi connectivity index (χ0) is 15.9. The van der Waals surface area contributed by atoms with Gasteiger partial charge in [0.1, 0.15) is 4.90 Å². The van der Waals surface area contributed by atoms with Crippen LogP contribution >= 0.6 is 11.6 Å². The van der Waals surface area contributed by atoms with Gasteiger partial charge in [-0.05, 0) is 31.4 Å². The van der Waals surface area contributed by atoms with Gasteiger partial charge in [0, 0.05) is 31.3 Å². The van der Waals surface area contributed by atoms with Gasteiger partial charge in [0.15, 0.2) is 0 Å². The second-order valence-electron chi connectivity index (χ2n) is 5.63. The van der Waals surface area contributed by atoms with Gasteiger partial charge in [-0.1, -0.05) is 11.6 Å². The van der Waals surface area contributed by atoms with Crippen molar-refractivity contribution in [3.63, 3.8) is 0 Å². The molecule has 22 heavy (non-hydrogen) atoms. The molecule has 0 bridgehead atoms. The average Bonchev–Trinajstić information content (AvgIpc) is 2.94. The highest BCUT2D eigenvalue weighted by atomic mass is 35.5. The number of hydrogen-bond acceptors (Lipinski definition) is 5. The monoisotopic (exact) mass is 345 g/mol. The summed E-state index contributed by atoms with van der Waals surface area (Å²) in [5.74, 6) is 0.320. The van der Waals surface area contributed by atoms with Crippen LogP contribution in [0.5, 0.6) is 0 Å². The third-order valence-corrected chi connectivity index (χ3v) is 6.71. The molecule has 2 unspecified atom stereocenters. The minimum Gasteiger partial charge on any atom is -0.314 e. The Morgan fingerprint density at radius 1 is 1.36 bits per heavy atom. The lowest BCUT2D eigenvalue weighted by atomic mass is 9.95. The lowest BCUT2D eigenvalue weighted by molar-refractivity contribution is -0.384. The Bertz CT molecular complexity index is 709. The fourth-order valence-electron chi connectivity index (χ4n) is 3.18. The molecule has 3 rings (SSSR count). The predicted octanol–water partition coefficient (Wildman–Crippen LogP) is 1.62. The number of hydrogen-bond donors (Lipinski definition) is 1. The van der Waals surface area contributed by atoms with Crippen molar-refractivity contribution in [2.75, 3.05) is 19.6 Å². The van der Waals surface area contributed by atoms with Gasteiger partial charge in [-0.3, -0.25) is 10.1 Å². The number of nitro benzene ring substituents is 1. The average molecular weight is 346 g/mol. The minimum atomic E-state index is -3.72. The largest absolute Gasteiger partial charge is 0.314 e. The quantitative estimate of drug-likeness (QED) is 0.663. The zero-order valence-electron chi connectivity index (χ0n) is 11.7. The van der Waals surface area contributed by atoms with E-state index < -0.39 is 14.9 Å². The lowest BCUT2D eigenvalue weighted by Gasteiger charge is -2.34. The maximum atomic E-state index is 12.7. The summed E-state index contributed by atoms with van der Waals surface area (Å²) in [5.41, 5.74) is -0.220. The van der Waals surface area contributed by atoms with Gasteiger partial charge < -0.3 is 5.32 Å². The number of benzene rings is 1. The Morgan fingerprint density at radius 3 is 2.82 bits per heavy atom. The summed E-state index contributed by atoms with van der Waals surface area (Å²) in [7, 11) is -3.72. The van der Waals surface area contributed by atoms with Crippen LogP contribution in [0, 0.1) is 16.0 Å². The van der Waals surface area contributed by atoms with Gasteiger partial charge >= 0.3 is 0 Å². The molecule has 0 spiro atoms. The van der Waals surface area contributed by atoms with Crippen molar-refractivity contribution in [2.45, 2.75) is 23.8 Å². The van der Waals surface area contributed by atoms with Gasteiger partial charge in [0.25, 0.3) is 5.69 Å². The summed E-state index contributed by atoms with van der Waals surface area (Å²) in [6.07, 6.45) is 1.74. The molecule has 0 amide bonds. The van der Waals surface area contributed by atoms with Crippen molar-refractivity contribution in [3.05, 3.63) is 33.3 Å². The van der Waals surface area contributed by atoms with Crippen LogP contribution in [0.2, 0.25) is 5.02 Å². The number of nitrogens with one attached hydrogen (secondary N) is 1. The van der Waals surface area contributed by atoms with Crippen molar-refractivity contribution in [2.24, 2.45) is 5.92 Å². The van der Waals surface area contributed by atoms with E-state index in [0.717, 1.165) is 25.5 Å². The molecule has 2 aliphatic heterocycles. The smallest absolute Gasteiger partial charge is 0.271 e. The molecule has 9 heteroatoms. The predicted molar refractivity (Wildman–Crippen MR) is 81.4 cm³/mol. The highest BCUT2D eigenvalue weighted by molar-refractivity contribution is 7.89. The zero-order valence-corrected chi connectivity index (χ0v) is 13.3. The molecule has 2 atom stereocenters. The van der Waals surface area contributed by atoms with Gasteiger partial charge in [0.05, 0.1) is 9.95 Å². The third-order valence-electron chi connectivity index (χ3n) is 4.36. The van der Waals surface area contributed by atoms with Crippen molar-refractivity contribution < 1.29 is 13.3 Å². The van der Waals surface area contributed by atoms with Crippen LogP contribution in [0.15, 0.2) is 23.1 Å².